The number of hydrogen-bond acceptors (Lipinski definition) is 3. The second kappa shape index (κ2) is 5.83. The molecule has 0 bridgehead atoms. The first-order valence-electron chi connectivity index (χ1n) is 6.13. The fourth-order valence-corrected chi connectivity index (χ4v) is 2.28. The van der Waals surface area contributed by atoms with Gasteiger partial charge in [0.2, 0.25) is 0 Å². The van der Waals surface area contributed by atoms with Gasteiger partial charge >= 0.3 is 0 Å². The Kier molecular flexibility index (Phi) is 5.03. The number of likely N-dealkylation sites (N-methyl/N-ethyl adjacent to an activating group) is 1. The van der Waals surface area contributed by atoms with Gasteiger partial charge in [-0.1, -0.05) is 20.3 Å². The lowest BCUT2D eigenvalue weighted by atomic mass is 9.87. The maximum atomic E-state index is 5.96. The van der Waals surface area contributed by atoms with Gasteiger partial charge in [-0.25, -0.2) is 0 Å². The zero-order valence-corrected chi connectivity index (χ0v) is 10.5. The lowest BCUT2D eigenvalue weighted by Gasteiger charge is -2.44. The van der Waals surface area contributed by atoms with E-state index >= 15 is 0 Å². The number of nitrogens with two attached hydrogens (primary N) is 1. The van der Waals surface area contributed by atoms with E-state index in [1.165, 1.54) is 6.42 Å². The van der Waals surface area contributed by atoms with Gasteiger partial charge in [0, 0.05) is 31.8 Å². The van der Waals surface area contributed by atoms with Crippen molar-refractivity contribution in [2.45, 2.75) is 38.6 Å². The summed E-state index contributed by atoms with van der Waals surface area (Å²) in [5, 5.41) is 0. The van der Waals surface area contributed by atoms with Crippen molar-refractivity contribution in [2.24, 2.45) is 11.7 Å². The molecule has 1 unspecified atom stereocenters. The van der Waals surface area contributed by atoms with Crippen LogP contribution in [-0.4, -0.2) is 43.8 Å². The highest BCUT2D eigenvalue weighted by molar-refractivity contribution is 4.92. The minimum atomic E-state index is 0.196. The van der Waals surface area contributed by atoms with Gasteiger partial charge in [-0.05, 0) is 25.8 Å². The molecule has 0 aromatic rings. The molecule has 0 amide bonds. The first kappa shape index (κ1) is 12.9. The number of nitrogens with zero attached hydrogens (tertiary/aromatic N) is 1. The molecule has 90 valence electrons. The summed E-state index contributed by atoms with van der Waals surface area (Å²) in [7, 11) is 2.21. The Balaban J connectivity index is 2.55. The van der Waals surface area contributed by atoms with Crippen LogP contribution in [0.5, 0.6) is 0 Å². The Labute approximate surface area is 94.0 Å². The average molecular weight is 214 g/mol. The molecule has 0 aromatic heterocycles. The standard InChI is InChI=1S/C12H26N2O/c1-4-11(2)9-14(3)12(10-13)5-7-15-8-6-12/h11H,4-10,13H2,1-3H3. The van der Waals surface area contributed by atoms with Crippen LogP contribution in [0.25, 0.3) is 0 Å². The minimum absolute atomic E-state index is 0.196. The summed E-state index contributed by atoms with van der Waals surface area (Å²) in [5.74, 6) is 0.751. The summed E-state index contributed by atoms with van der Waals surface area (Å²) in [4.78, 5) is 2.46. The quantitative estimate of drug-likeness (QED) is 0.753. The van der Waals surface area contributed by atoms with Crippen LogP contribution < -0.4 is 5.73 Å². The van der Waals surface area contributed by atoms with E-state index in [9.17, 15) is 0 Å². The normalized spacial score (nSPS) is 23.0. The van der Waals surface area contributed by atoms with Crippen molar-refractivity contribution in [3.05, 3.63) is 0 Å². The van der Waals surface area contributed by atoms with Gasteiger partial charge in [-0.15, -0.1) is 0 Å². The topological polar surface area (TPSA) is 38.5 Å². The molecule has 0 aromatic carbocycles. The highest BCUT2D eigenvalue weighted by Gasteiger charge is 2.35. The highest BCUT2D eigenvalue weighted by atomic mass is 16.5. The van der Waals surface area contributed by atoms with Crippen molar-refractivity contribution >= 4 is 0 Å². The molecule has 1 rings (SSSR count). The van der Waals surface area contributed by atoms with Crippen LogP contribution in [0.3, 0.4) is 0 Å². The molecule has 0 spiro atoms. The van der Waals surface area contributed by atoms with Crippen molar-refractivity contribution in [2.75, 3.05) is 33.4 Å². The molecule has 2 N–H and O–H groups in total. The van der Waals surface area contributed by atoms with E-state index in [-0.39, 0.29) is 5.54 Å². The largest absolute Gasteiger partial charge is 0.381 e. The third kappa shape index (κ3) is 3.16. The second-order valence-corrected chi connectivity index (χ2v) is 4.93. The molecule has 1 atom stereocenters. The van der Waals surface area contributed by atoms with Crippen LogP contribution in [-0.2, 0) is 4.74 Å². The van der Waals surface area contributed by atoms with Crippen molar-refractivity contribution in [3.63, 3.8) is 0 Å². The monoisotopic (exact) mass is 214 g/mol. The molecule has 0 saturated carbocycles. The molecule has 1 heterocycles. The third-order valence-corrected chi connectivity index (χ3v) is 3.90. The smallest absolute Gasteiger partial charge is 0.0484 e. The van der Waals surface area contributed by atoms with E-state index in [2.05, 4.69) is 25.8 Å². The zero-order chi connectivity index (χ0) is 11.3. The summed E-state index contributed by atoms with van der Waals surface area (Å²) in [6.45, 7) is 8.18. The molecule has 3 nitrogen and oxygen atoms in total. The van der Waals surface area contributed by atoms with Crippen LogP contribution in [0.4, 0.5) is 0 Å². The second-order valence-electron chi connectivity index (χ2n) is 4.93. The summed E-state index contributed by atoms with van der Waals surface area (Å²) in [6, 6.07) is 0. The fraction of sp³-hybridized carbons (Fsp3) is 1.00. The molecule has 1 fully saturated rings. The predicted octanol–water partition coefficient (Wildman–Crippen LogP) is 1.47. The molecule has 3 heteroatoms. The van der Waals surface area contributed by atoms with Gasteiger partial charge in [0.1, 0.15) is 0 Å². The number of ether oxygens (including phenoxy) is 1. The maximum Gasteiger partial charge on any atom is 0.0484 e. The molecule has 1 aliphatic rings. The summed E-state index contributed by atoms with van der Waals surface area (Å²) in [5.41, 5.74) is 6.16. The predicted molar refractivity (Wildman–Crippen MR) is 63.9 cm³/mol. The lowest BCUT2D eigenvalue weighted by molar-refractivity contribution is -0.0178. The highest BCUT2D eigenvalue weighted by Crippen LogP contribution is 2.26. The Bertz CT molecular complexity index is 178. The van der Waals surface area contributed by atoms with Crippen molar-refractivity contribution < 1.29 is 4.74 Å². The molecule has 0 radical (unpaired) electrons. The third-order valence-electron chi connectivity index (χ3n) is 3.90. The molecule has 1 saturated heterocycles. The van der Waals surface area contributed by atoms with Gasteiger partial charge < -0.3 is 10.5 Å². The average Bonchev–Trinajstić information content (AvgIpc) is 2.29. The van der Waals surface area contributed by atoms with Gasteiger partial charge in [0.15, 0.2) is 0 Å². The van der Waals surface area contributed by atoms with Crippen LogP contribution in [0.1, 0.15) is 33.1 Å². The van der Waals surface area contributed by atoms with Crippen LogP contribution in [0, 0.1) is 5.92 Å². The van der Waals surface area contributed by atoms with E-state index in [0.717, 1.165) is 45.1 Å². The number of hydrogen-bond donors (Lipinski definition) is 1. The van der Waals surface area contributed by atoms with E-state index in [1.54, 1.807) is 0 Å². The van der Waals surface area contributed by atoms with Crippen LogP contribution in [0.15, 0.2) is 0 Å². The summed E-state index contributed by atoms with van der Waals surface area (Å²) in [6.07, 6.45) is 3.40. The fourth-order valence-electron chi connectivity index (χ4n) is 2.28. The Morgan fingerprint density at radius 3 is 2.47 bits per heavy atom. The zero-order valence-electron chi connectivity index (χ0n) is 10.5. The van der Waals surface area contributed by atoms with Crippen molar-refractivity contribution in [3.8, 4) is 0 Å². The van der Waals surface area contributed by atoms with E-state index in [0.29, 0.717) is 0 Å². The molecule has 1 aliphatic heterocycles. The molecular weight excluding hydrogens is 188 g/mol. The lowest BCUT2D eigenvalue weighted by Crippen LogP contribution is -2.56. The summed E-state index contributed by atoms with van der Waals surface area (Å²) < 4.78 is 5.43. The Hall–Kier alpha value is -0.120. The van der Waals surface area contributed by atoms with Crippen LogP contribution in [0.2, 0.25) is 0 Å². The maximum absolute atomic E-state index is 5.96. The molecule has 0 aliphatic carbocycles. The minimum Gasteiger partial charge on any atom is -0.381 e. The van der Waals surface area contributed by atoms with Crippen molar-refractivity contribution in [1.29, 1.82) is 0 Å². The summed E-state index contributed by atoms with van der Waals surface area (Å²) >= 11 is 0. The van der Waals surface area contributed by atoms with Gasteiger partial charge in [-0.3, -0.25) is 4.90 Å². The first-order valence-corrected chi connectivity index (χ1v) is 6.13. The van der Waals surface area contributed by atoms with E-state index < -0.39 is 0 Å². The van der Waals surface area contributed by atoms with Gasteiger partial charge in [0.05, 0.1) is 0 Å². The number of rotatable bonds is 5. The Morgan fingerprint density at radius 2 is 2.00 bits per heavy atom. The molecular formula is C12H26N2O. The SMILES string of the molecule is CCC(C)CN(C)C1(CN)CCOCC1. The van der Waals surface area contributed by atoms with Gasteiger partial charge in [-0.2, -0.15) is 0 Å². The van der Waals surface area contributed by atoms with Crippen molar-refractivity contribution in [1.82, 2.24) is 4.90 Å². The Morgan fingerprint density at radius 1 is 1.40 bits per heavy atom. The van der Waals surface area contributed by atoms with E-state index in [1.807, 2.05) is 0 Å². The first-order chi connectivity index (χ1) is 7.14. The van der Waals surface area contributed by atoms with E-state index in [4.69, 9.17) is 10.5 Å². The van der Waals surface area contributed by atoms with Crippen LogP contribution >= 0.6 is 0 Å². The molecule has 15 heavy (non-hydrogen) atoms. The van der Waals surface area contributed by atoms with Gasteiger partial charge in [0.25, 0.3) is 0 Å².